The Labute approximate surface area is 164 Å². The lowest BCUT2D eigenvalue weighted by atomic mass is 9.47. The van der Waals surface area contributed by atoms with E-state index in [1.54, 1.807) is 5.57 Å². The molecule has 0 spiro atoms. The molecule has 152 valence electrons. The predicted octanol–water partition coefficient (Wildman–Crippen LogP) is 5.13. The fourth-order valence-electron chi connectivity index (χ4n) is 7.98. The first-order chi connectivity index (χ1) is 12.8. The molecule has 0 saturated heterocycles. The van der Waals surface area contributed by atoms with E-state index >= 15 is 0 Å². The minimum absolute atomic E-state index is 0.118. The Morgan fingerprint density at radius 1 is 1.22 bits per heavy atom. The van der Waals surface area contributed by atoms with Gasteiger partial charge in [0.1, 0.15) is 0 Å². The van der Waals surface area contributed by atoms with Crippen LogP contribution in [0, 0.1) is 40.4 Å². The van der Waals surface area contributed by atoms with Crippen LogP contribution < -0.4 is 0 Å². The maximum Gasteiger partial charge on any atom is 0.302 e. The number of esters is 1. The van der Waals surface area contributed by atoms with E-state index in [-0.39, 0.29) is 12.1 Å². The van der Waals surface area contributed by atoms with Crippen LogP contribution in [0.1, 0.15) is 79.1 Å². The molecule has 3 saturated carbocycles. The summed E-state index contributed by atoms with van der Waals surface area (Å²) in [5, 5.41) is 10.2. The molecule has 0 aliphatic heterocycles. The third-order valence-electron chi connectivity index (χ3n) is 9.39. The van der Waals surface area contributed by atoms with Crippen molar-refractivity contribution in [3.63, 3.8) is 0 Å². The summed E-state index contributed by atoms with van der Waals surface area (Å²) in [7, 11) is 0. The number of rotatable bonds is 3. The third kappa shape index (κ3) is 3.09. The van der Waals surface area contributed by atoms with E-state index in [9.17, 15) is 9.90 Å². The van der Waals surface area contributed by atoms with Crippen molar-refractivity contribution in [3.05, 3.63) is 11.6 Å². The lowest BCUT2D eigenvalue weighted by Gasteiger charge is -2.58. The van der Waals surface area contributed by atoms with Crippen LogP contribution in [0.15, 0.2) is 11.6 Å². The minimum atomic E-state index is -0.150. The standard InChI is InChI=1S/C24H38O3/c1-15(14-27-16(2)25)20-7-8-21-19-6-5-17-13-18(26)9-11-23(17,3)22(19)10-12-24(20,21)4/h5,15,18-22,26H,6-14H2,1-4H3/t15?,18?,19-,20+,21-,22-,23-,24+/m0/s1. The predicted molar refractivity (Wildman–Crippen MR) is 107 cm³/mol. The van der Waals surface area contributed by atoms with Crippen LogP contribution in [0.2, 0.25) is 0 Å². The third-order valence-corrected chi connectivity index (χ3v) is 9.39. The highest BCUT2D eigenvalue weighted by Gasteiger charge is 2.59. The molecule has 27 heavy (non-hydrogen) atoms. The van der Waals surface area contributed by atoms with Gasteiger partial charge < -0.3 is 9.84 Å². The van der Waals surface area contributed by atoms with Crippen molar-refractivity contribution >= 4 is 5.97 Å². The summed E-state index contributed by atoms with van der Waals surface area (Å²) in [6, 6.07) is 0. The van der Waals surface area contributed by atoms with Gasteiger partial charge in [-0.05, 0) is 91.8 Å². The monoisotopic (exact) mass is 374 g/mol. The van der Waals surface area contributed by atoms with Crippen LogP contribution in [0.3, 0.4) is 0 Å². The van der Waals surface area contributed by atoms with Gasteiger partial charge in [0.15, 0.2) is 0 Å². The number of carbonyl (C=O) groups is 1. The second-order valence-electron chi connectivity index (χ2n) is 10.7. The molecule has 0 heterocycles. The SMILES string of the molecule is CC(=O)OCC(C)[C@H]1CC[C@H]2[C@@H]3CC=C4CC(O)CC[C@]4(C)[C@H]3CC[C@]12C. The lowest BCUT2D eigenvalue weighted by molar-refractivity contribution is -0.143. The smallest absolute Gasteiger partial charge is 0.302 e. The minimum Gasteiger partial charge on any atom is -0.466 e. The average molecular weight is 375 g/mol. The van der Waals surface area contributed by atoms with Crippen LogP contribution in [-0.4, -0.2) is 23.8 Å². The molecule has 4 aliphatic rings. The van der Waals surface area contributed by atoms with Crippen molar-refractivity contribution in [2.45, 2.75) is 85.2 Å². The van der Waals surface area contributed by atoms with Crippen molar-refractivity contribution in [1.82, 2.24) is 0 Å². The molecule has 0 bridgehead atoms. The van der Waals surface area contributed by atoms with Gasteiger partial charge in [-0.25, -0.2) is 0 Å². The molecule has 0 aromatic rings. The molecule has 2 unspecified atom stereocenters. The summed E-state index contributed by atoms with van der Waals surface area (Å²) in [4.78, 5) is 11.3. The van der Waals surface area contributed by atoms with Crippen molar-refractivity contribution in [2.24, 2.45) is 40.4 Å². The zero-order valence-electron chi connectivity index (χ0n) is 17.7. The number of ether oxygens (including phenoxy) is 1. The van der Waals surface area contributed by atoms with E-state index < -0.39 is 0 Å². The second-order valence-corrected chi connectivity index (χ2v) is 10.7. The molecule has 3 heteroatoms. The van der Waals surface area contributed by atoms with Gasteiger partial charge in [-0.15, -0.1) is 0 Å². The average Bonchev–Trinajstić information content (AvgIpc) is 2.97. The summed E-state index contributed by atoms with van der Waals surface area (Å²) in [5.41, 5.74) is 2.28. The van der Waals surface area contributed by atoms with E-state index in [4.69, 9.17) is 4.74 Å². The van der Waals surface area contributed by atoms with E-state index in [0.29, 0.717) is 29.3 Å². The Hall–Kier alpha value is -0.830. The molecule has 0 aromatic carbocycles. The summed E-state index contributed by atoms with van der Waals surface area (Å²) in [6.07, 6.45) is 11.9. The van der Waals surface area contributed by atoms with Gasteiger partial charge in [-0.2, -0.15) is 0 Å². The van der Waals surface area contributed by atoms with Gasteiger partial charge >= 0.3 is 5.97 Å². The fraction of sp³-hybridized carbons (Fsp3) is 0.875. The highest BCUT2D eigenvalue weighted by atomic mass is 16.5. The molecule has 4 rings (SSSR count). The summed E-state index contributed by atoms with van der Waals surface area (Å²) >= 11 is 0. The summed E-state index contributed by atoms with van der Waals surface area (Å²) in [5.74, 6) is 3.39. The van der Waals surface area contributed by atoms with Crippen molar-refractivity contribution < 1.29 is 14.6 Å². The molecule has 8 atom stereocenters. The zero-order valence-corrected chi connectivity index (χ0v) is 17.7. The van der Waals surface area contributed by atoms with Crippen molar-refractivity contribution in [3.8, 4) is 0 Å². The molecule has 0 amide bonds. The molecular formula is C24H38O3. The molecular weight excluding hydrogens is 336 g/mol. The highest BCUT2D eigenvalue weighted by molar-refractivity contribution is 5.65. The van der Waals surface area contributed by atoms with Crippen LogP contribution in [0.4, 0.5) is 0 Å². The fourth-order valence-corrected chi connectivity index (χ4v) is 7.98. The summed E-state index contributed by atoms with van der Waals surface area (Å²) in [6.45, 7) is 9.43. The van der Waals surface area contributed by atoms with Crippen LogP contribution in [-0.2, 0) is 9.53 Å². The normalized spacial score (nSPS) is 47.3. The summed E-state index contributed by atoms with van der Waals surface area (Å²) < 4.78 is 5.37. The van der Waals surface area contributed by atoms with Gasteiger partial charge in [0.25, 0.3) is 0 Å². The number of hydrogen-bond acceptors (Lipinski definition) is 3. The first-order valence-corrected chi connectivity index (χ1v) is 11.3. The Morgan fingerprint density at radius 2 is 2.00 bits per heavy atom. The lowest BCUT2D eigenvalue weighted by Crippen LogP contribution is -2.51. The Kier molecular flexibility index (Phi) is 4.98. The van der Waals surface area contributed by atoms with Gasteiger partial charge in [-0.1, -0.05) is 32.4 Å². The molecule has 0 radical (unpaired) electrons. The number of allylic oxidation sites excluding steroid dienone is 1. The van der Waals surface area contributed by atoms with Crippen molar-refractivity contribution in [1.29, 1.82) is 0 Å². The van der Waals surface area contributed by atoms with Gasteiger partial charge in [-0.3, -0.25) is 4.79 Å². The van der Waals surface area contributed by atoms with Gasteiger partial charge in [0.05, 0.1) is 12.7 Å². The highest BCUT2D eigenvalue weighted by Crippen LogP contribution is 2.67. The maximum atomic E-state index is 11.3. The Balaban J connectivity index is 1.54. The van der Waals surface area contributed by atoms with Crippen LogP contribution in [0.25, 0.3) is 0 Å². The van der Waals surface area contributed by atoms with Crippen LogP contribution in [0.5, 0.6) is 0 Å². The van der Waals surface area contributed by atoms with E-state index in [2.05, 4.69) is 26.8 Å². The second kappa shape index (κ2) is 6.90. The van der Waals surface area contributed by atoms with Gasteiger partial charge in [0.2, 0.25) is 0 Å². The number of hydrogen-bond donors (Lipinski definition) is 1. The van der Waals surface area contributed by atoms with E-state index in [1.165, 1.54) is 39.0 Å². The van der Waals surface area contributed by atoms with Crippen molar-refractivity contribution in [2.75, 3.05) is 6.61 Å². The molecule has 1 N–H and O–H groups in total. The van der Waals surface area contributed by atoms with E-state index in [0.717, 1.165) is 37.0 Å². The molecule has 0 aromatic heterocycles. The Bertz CT molecular complexity index is 625. The van der Waals surface area contributed by atoms with Gasteiger partial charge in [0, 0.05) is 6.92 Å². The molecule has 3 fully saturated rings. The quantitative estimate of drug-likeness (QED) is 0.550. The molecule has 4 aliphatic carbocycles. The topological polar surface area (TPSA) is 46.5 Å². The van der Waals surface area contributed by atoms with E-state index in [1.807, 2.05) is 0 Å². The number of carbonyl (C=O) groups excluding carboxylic acids is 1. The van der Waals surface area contributed by atoms with Crippen LogP contribution >= 0.6 is 0 Å². The first kappa shape index (κ1) is 19.5. The number of aliphatic hydroxyl groups excluding tert-OH is 1. The molecule has 3 nitrogen and oxygen atoms in total. The zero-order chi connectivity index (χ0) is 19.4. The Morgan fingerprint density at radius 3 is 2.74 bits per heavy atom. The first-order valence-electron chi connectivity index (χ1n) is 11.3. The largest absolute Gasteiger partial charge is 0.466 e. The maximum absolute atomic E-state index is 11.3. The number of aliphatic hydroxyl groups is 1. The number of fused-ring (bicyclic) bond motifs is 5.